The summed E-state index contributed by atoms with van der Waals surface area (Å²) in [5.74, 6) is 0.959. The first-order chi connectivity index (χ1) is 8.78. The molecule has 90 valence electrons. The quantitative estimate of drug-likeness (QED) is 0.744. The van der Waals surface area contributed by atoms with Crippen LogP contribution >= 0.6 is 0 Å². The lowest BCUT2D eigenvalue weighted by molar-refractivity contribution is 1.03. The number of benzene rings is 1. The second-order valence-corrected chi connectivity index (χ2v) is 4.48. The van der Waals surface area contributed by atoms with E-state index in [9.17, 15) is 0 Å². The monoisotopic (exact) mass is 237 g/mol. The number of imidazole rings is 1. The Balaban J connectivity index is 2.19. The number of fused-ring (bicyclic) bond motifs is 1. The van der Waals surface area contributed by atoms with Gasteiger partial charge in [0.15, 0.2) is 0 Å². The van der Waals surface area contributed by atoms with Gasteiger partial charge in [-0.05, 0) is 18.6 Å². The molecule has 0 spiro atoms. The molecule has 0 saturated carbocycles. The summed E-state index contributed by atoms with van der Waals surface area (Å²) in [5.41, 5.74) is 10.2. The summed E-state index contributed by atoms with van der Waals surface area (Å²) in [5, 5.41) is 0. The number of aromatic nitrogens is 2. The lowest BCUT2D eigenvalue weighted by Gasteiger charge is -2.04. The van der Waals surface area contributed by atoms with Gasteiger partial charge in [0.2, 0.25) is 0 Å². The number of pyridine rings is 1. The number of aryl methyl sites for hydroxylation is 1. The van der Waals surface area contributed by atoms with Gasteiger partial charge in [0.1, 0.15) is 5.82 Å². The molecule has 0 amide bonds. The standard InChI is InChI=1S/C15H15N3/c1-11-2-5-13(6-3-11)15-17-9-14-7-4-12(8-16)10-18(14)15/h2-7,9-10H,8,16H2,1H3. The predicted molar refractivity (Wildman–Crippen MR) is 73.3 cm³/mol. The highest BCUT2D eigenvalue weighted by Crippen LogP contribution is 2.20. The molecule has 0 unspecified atom stereocenters. The second-order valence-electron chi connectivity index (χ2n) is 4.48. The molecule has 3 heteroatoms. The molecule has 0 aliphatic rings. The summed E-state index contributed by atoms with van der Waals surface area (Å²) in [4.78, 5) is 4.49. The van der Waals surface area contributed by atoms with E-state index in [0.29, 0.717) is 6.54 Å². The van der Waals surface area contributed by atoms with Gasteiger partial charge in [0, 0.05) is 18.3 Å². The molecule has 0 atom stereocenters. The third kappa shape index (κ3) is 1.79. The maximum absolute atomic E-state index is 5.68. The fourth-order valence-corrected chi connectivity index (χ4v) is 2.07. The number of rotatable bonds is 2. The summed E-state index contributed by atoms with van der Waals surface area (Å²) in [6, 6.07) is 12.5. The molecular weight excluding hydrogens is 222 g/mol. The lowest BCUT2D eigenvalue weighted by atomic mass is 10.1. The smallest absolute Gasteiger partial charge is 0.144 e. The van der Waals surface area contributed by atoms with Crippen molar-refractivity contribution in [3.8, 4) is 11.4 Å². The highest BCUT2D eigenvalue weighted by molar-refractivity contribution is 5.62. The van der Waals surface area contributed by atoms with E-state index in [-0.39, 0.29) is 0 Å². The highest BCUT2D eigenvalue weighted by Gasteiger charge is 2.06. The topological polar surface area (TPSA) is 43.3 Å². The van der Waals surface area contributed by atoms with Gasteiger partial charge < -0.3 is 5.73 Å². The van der Waals surface area contributed by atoms with Crippen LogP contribution in [0.25, 0.3) is 16.9 Å². The van der Waals surface area contributed by atoms with E-state index < -0.39 is 0 Å². The number of nitrogens with two attached hydrogens (primary N) is 1. The predicted octanol–water partition coefficient (Wildman–Crippen LogP) is 2.77. The van der Waals surface area contributed by atoms with Crippen LogP contribution in [0, 0.1) is 6.92 Å². The van der Waals surface area contributed by atoms with Gasteiger partial charge in [-0.2, -0.15) is 0 Å². The maximum atomic E-state index is 5.68. The molecule has 0 radical (unpaired) electrons. The molecule has 2 aromatic heterocycles. The zero-order valence-electron chi connectivity index (χ0n) is 10.3. The van der Waals surface area contributed by atoms with Crippen molar-refractivity contribution in [1.82, 2.24) is 9.38 Å². The average Bonchev–Trinajstić information content (AvgIpc) is 2.82. The zero-order valence-corrected chi connectivity index (χ0v) is 10.3. The second kappa shape index (κ2) is 4.27. The molecule has 18 heavy (non-hydrogen) atoms. The minimum absolute atomic E-state index is 0.543. The van der Waals surface area contributed by atoms with Gasteiger partial charge >= 0.3 is 0 Å². The fourth-order valence-electron chi connectivity index (χ4n) is 2.07. The van der Waals surface area contributed by atoms with Crippen LogP contribution in [0.2, 0.25) is 0 Å². The Morgan fingerprint density at radius 1 is 1.11 bits per heavy atom. The van der Waals surface area contributed by atoms with Gasteiger partial charge in [-0.25, -0.2) is 4.98 Å². The average molecular weight is 237 g/mol. The maximum Gasteiger partial charge on any atom is 0.144 e. The molecule has 2 N–H and O–H groups in total. The Hall–Kier alpha value is -2.13. The van der Waals surface area contributed by atoms with Crippen LogP contribution in [-0.4, -0.2) is 9.38 Å². The van der Waals surface area contributed by atoms with E-state index in [1.165, 1.54) is 5.56 Å². The van der Waals surface area contributed by atoms with Crippen LogP contribution in [0.5, 0.6) is 0 Å². The van der Waals surface area contributed by atoms with Gasteiger partial charge in [-0.3, -0.25) is 4.40 Å². The number of hydrogen-bond donors (Lipinski definition) is 1. The van der Waals surface area contributed by atoms with Crippen molar-refractivity contribution in [3.63, 3.8) is 0 Å². The summed E-state index contributed by atoms with van der Waals surface area (Å²) in [6.07, 6.45) is 3.94. The van der Waals surface area contributed by atoms with Crippen molar-refractivity contribution in [2.75, 3.05) is 0 Å². The zero-order chi connectivity index (χ0) is 12.5. The van der Waals surface area contributed by atoms with Crippen LogP contribution in [0.1, 0.15) is 11.1 Å². The third-order valence-electron chi connectivity index (χ3n) is 3.13. The molecule has 2 heterocycles. The molecule has 3 rings (SSSR count). The molecule has 1 aromatic carbocycles. The van der Waals surface area contributed by atoms with Crippen molar-refractivity contribution in [2.45, 2.75) is 13.5 Å². The molecule has 3 nitrogen and oxygen atoms in total. The van der Waals surface area contributed by atoms with Gasteiger partial charge in [-0.1, -0.05) is 35.9 Å². The Kier molecular flexibility index (Phi) is 2.61. The molecule has 0 bridgehead atoms. The largest absolute Gasteiger partial charge is 0.326 e. The van der Waals surface area contributed by atoms with E-state index in [2.05, 4.69) is 46.8 Å². The van der Waals surface area contributed by atoms with Crippen LogP contribution in [0.3, 0.4) is 0 Å². The molecule has 0 aliphatic carbocycles. The van der Waals surface area contributed by atoms with Gasteiger partial charge in [0.25, 0.3) is 0 Å². The Morgan fingerprint density at radius 3 is 2.61 bits per heavy atom. The van der Waals surface area contributed by atoms with Crippen molar-refractivity contribution >= 4 is 5.52 Å². The van der Waals surface area contributed by atoms with Gasteiger partial charge in [0.05, 0.1) is 11.7 Å². The number of nitrogens with zero attached hydrogens (tertiary/aromatic N) is 2. The van der Waals surface area contributed by atoms with Crippen LogP contribution < -0.4 is 5.73 Å². The first-order valence-corrected chi connectivity index (χ1v) is 6.01. The Bertz CT molecular complexity index is 681. The van der Waals surface area contributed by atoms with E-state index in [4.69, 9.17) is 5.73 Å². The summed E-state index contributed by atoms with van der Waals surface area (Å²) in [6.45, 7) is 2.63. The molecular formula is C15H15N3. The van der Waals surface area contributed by atoms with Crippen molar-refractivity contribution in [2.24, 2.45) is 5.73 Å². The van der Waals surface area contributed by atoms with Gasteiger partial charge in [-0.15, -0.1) is 0 Å². The van der Waals surface area contributed by atoms with Crippen LogP contribution in [0.4, 0.5) is 0 Å². The summed E-state index contributed by atoms with van der Waals surface area (Å²) < 4.78 is 2.09. The van der Waals surface area contributed by atoms with E-state index in [1.807, 2.05) is 18.3 Å². The minimum atomic E-state index is 0.543. The summed E-state index contributed by atoms with van der Waals surface area (Å²) >= 11 is 0. The molecule has 0 aliphatic heterocycles. The highest BCUT2D eigenvalue weighted by atomic mass is 15.0. The number of hydrogen-bond acceptors (Lipinski definition) is 2. The third-order valence-corrected chi connectivity index (χ3v) is 3.13. The SMILES string of the molecule is Cc1ccc(-c2ncc3ccc(CN)cn23)cc1. The van der Waals surface area contributed by atoms with Crippen LogP contribution in [-0.2, 0) is 6.54 Å². The normalized spacial score (nSPS) is 11.0. The van der Waals surface area contributed by atoms with Crippen molar-refractivity contribution in [3.05, 3.63) is 59.9 Å². The fraction of sp³-hybridized carbons (Fsp3) is 0.133. The molecule has 0 saturated heterocycles. The Labute approximate surface area is 106 Å². The first kappa shape index (κ1) is 11.0. The van der Waals surface area contributed by atoms with Crippen LogP contribution in [0.15, 0.2) is 48.8 Å². The van der Waals surface area contributed by atoms with Crippen molar-refractivity contribution in [1.29, 1.82) is 0 Å². The minimum Gasteiger partial charge on any atom is -0.326 e. The molecule has 0 fully saturated rings. The van der Waals surface area contributed by atoms with E-state index >= 15 is 0 Å². The summed E-state index contributed by atoms with van der Waals surface area (Å²) in [7, 11) is 0. The van der Waals surface area contributed by atoms with Crippen molar-refractivity contribution < 1.29 is 0 Å². The molecule has 3 aromatic rings. The van der Waals surface area contributed by atoms with E-state index in [1.54, 1.807) is 0 Å². The lowest BCUT2D eigenvalue weighted by Crippen LogP contribution is -1.99. The first-order valence-electron chi connectivity index (χ1n) is 6.01. The Morgan fingerprint density at radius 2 is 1.89 bits per heavy atom. The van der Waals surface area contributed by atoms with E-state index in [0.717, 1.165) is 22.5 Å².